The summed E-state index contributed by atoms with van der Waals surface area (Å²) < 4.78 is 26.2. The van der Waals surface area contributed by atoms with Gasteiger partial charge in [0, 0.05) is 18.5 Å². The number of rotatable bonds is 2. The van der Waals surface area contributed by atoms with Crippen molar-refractivity contribution in [2.24, 2.45) is 0 Å². The molecule has 1 saturated heterocycles. The maximum atomic E-state index is 12.5. The lowest BCUT2D eigenvalue weighted by atomic mass is 10.2. The molecule has 1 aliphatic heterocycles. The van der Waals surface area contributed by atoms with Crippen molar-refractivity contribution in [1.82, 2.24) is 9.29 Å². The molecule has 1 fully saturated rings. The molecule has 1 aromatic carbocycles. The van der Waals surface area contributed by atoms with Crippen LogP contribution in [0.5, 0.6) is 0 Å². The average Bonchev–Trinajstić information content (AvgIpc) is 2.85. The molecule has 0 amide bonds. The fraction of sp³-hybridized carbons (Fsp3) is 0.308. The van der Waals surface area contributed by atoms with Gasteiger partial charge in [0.15, 0.2) is 0 Å². The van der Waals surface area contributed by atoms with Gasteiger partial charge in [-0.3, -0.25) is 0 Å². The first-order chi connectivity index (χ1) is 9.46. The maximum Gasteiger partial charge on any atom is 0.243 e. The summed E-state index contributed by atoms with van der Waals surface area (Å²) in [5.74, 6) is 0. The molecule has 2 heterocycles. The molecule has 20 heavy (non-hydrogen) atoms. The Hall–Kier alpha value is -1.21. The van der Waals surface area contributed by atoms with Crippen molar-refractivity contribution >= 4 is 32.5 Å². The fourth-order valence-corrected chi connectivity index (χ4v) is 4.00. The van der Waals surface area contributed by atoms with Crippen molar-refractivity contribution in [3.05, 3.63) is 35.5 Å². The number of aliphatic hydroxyl groups is 1. The summed E-state index contributed by atoms with van der Waals surface area (Å²) >= 11 is 5.80. The number of nitrogens with zero attached hydrogens (tertiary/aromatic N) is 2. The van der Waals surface area contributed by atoms with Gasteiger partial charge in [-0.15, -0.1) is 0 Å². The van der Waals surface area contributed by atoms with Gasteiger partial charge in [0.2, 0.25) is 10.0 Å². The van der Waals surface area contributed by atoms with E-state index >= 15 is 0 Å². The summed E-state index contributed by atoms with van der Waals surface area (Å²) in [6.07, 6.45) is -0.102. The Morgan fingerprint density at radius 2 is 2.10 bits per heavy atom. The van der Waals surface area contributed by atoms with E-state index in [0.29, 0.717) is 23.6 Å². The molecular weight excluding hydrogens is 300 g/mol. The van der Waals surface area contributed by atoms with E-state index in [2.05, 4.69) is 4.98 Å². The molecule has 0 spiro atoms. The van der Waals surface area contributed by atoms with Gasteiger partial charge < -0.3 is 5.11 Å². The average molecular weight is 313 g/mol. The van der Waals surface area contributed by atoms with Crippen molar-refractivity contribution in [1.29, 1.82) is 0 Å². The molecule has 0 unspecified atom stereocenters. The number of pyridine rings is 1. The summed E-state index contributed by atoms with van der Waals surface area (Å²) in [6.45, 7) is 0.500. The van der Waals surface area contributed by atoms with Crippen LogP contribution in [0.25, 0.3) is 10.9 Å². The van der Waals surface area contributed by atoms with E-state index in [-0.39, 0.29) is 11.4 Å². The van der Waals surface area contributed by atoms with Gasteiger partial charge in [0.05, 0.1) is 16.5 Å². The molecule has 7 heteroatoms. The van der Waals surface area contributed by atoms with Crippen molar-refractivity contribution in [3.63, 3.8) is 0 Å². The van der Waals surface area contributed by atoms with E-state index in [4.69, 9.17) is 11.6 Å². The Morgan fingerprint density at radius 1 is 1.30 bits per heavy atom. The number of hydrogen-bond acceptors (Lipinski definition) is 4. The minimum absolute atomic E-state index is 0.152. The predicted molar refractivity (Wildman–Crippen MR) is 76.1 cm³/mol. The lowest BCUT2D eigenvalue weighted by Crippen LogP contribution is -2.29. The highest BCUT2D eigenvalue weighted by atomic mass is 35.5. The lowest BCUT2D eigenvalue weighted by molar-refractivity contribution is 0.189. The molecule has 0 bridgehead atoms. The smallest absolute Gasteiger partial charge is 0.243 e. The van der Waals surface area contributed by atoms with Crippen LogP contribution in [0.1, 0.15) is 6.42 Å². The number of benzene rings is 1. The maximum absolute atomic E-state index is 12.5. The van der Waals surface area contributed by atoms with Gasteiger partial charge >= 0.3 is 0 Å². The lowest BCUT2D eigenvalue weighted by Gasteiger charge is -2.16. The molecule has 2 aromatic rings. The van der Waals surface area contributed by atoms with Crippen molar-refractivity contribution in [2.45, 2.75) is 17.4 Å². The van der Waals surface area contributed by atoms with Crippen LogP contribution < -0.4 is 0 Å². The third-order valence-corrected chi connectivity index (χ3v) is 5.46. The van der Waals surface area contributed by atoms with E-state index < -0.39 is 16.1 Å². The predicted octanol–water partition coefficient (Wildman–Crippen LogP) is 1.64. The first-order valence-electron chi connectivity index (χ1n) is 6.21. The summed E-state index contributed by atoms with van der Waals surface area (Å²) in [5.41, 5.74) is 0.651. The molecule has 106 valence electrons. The van der Waals surface area contributed by atoms with Crippen molar-refractivity contribution in [2.75, 3.05) is 13.1 Å². The Labute approximate surface area is 121 Å². The van der Waals surface area contributed by atoms with Gasteiger partial charge in [-0.25, -0.2) is 13.4 Å². The minimum Gasteiger partial charge on any atom is -0.392 e. The largest absolute Gasteiger partial charge is 0.392 e. The molecule has 1 aliphatic rings. The zero-order valence-electron chi connectivity index (χ0n) is 10.5. The van der Waals surface area contributed by atoms with Crippen LogP contribution in [0.4, 0.5) is 0 Å². The van der Waals surface area contributed by atoms with Crippen LogP contribution in [-0.4, -0.2) is 42.0 Å². The highest BCUT2D eigenvalue weighted by molar-refractivity contribution is 7.89. The topological polar surface area (TPSA) is 70.5 Å². The van der Waals surface area contributed by atoms with Gasteiger partial charge in [0.1, 0.15) is 5.15 Å². The van der Waals surface area contributed by atoms with Crippen LogP contribution in [0.15, 0.2) is 35.2 Å². The molecule has 1 atom stereocenters. The standard InChI is InChI=1S/C13H13ClN2O3S/c14-13-4-1-9-7-11(2-3-12(9)15-13)20(18,19)16-6-5-10(17)8-16/h1-4,7,10,17H,5-6,8H2/t10-/m1/s1. The number of hydrogen-bond donors (Lipinski definition) is 1. The number of aliphatic hydroxyl groups excluding tert-OH is 1. The SMILES string of the molecule is O=S(=O)(c1ccc2nc(Cl)ccc2c1)N1CC[C@@H](O)C1. The van der Waals surface area contributed by atoms with Crippen molar-refractivity contribution in [3.8, 4) is 0 Å². The van der Waals surface area contributed by atoms with E-state index in [1.165, 1.54) is 10.4 Å². The normalized spacial score (nSPS) is 20.6. The highest BCUT2D eigenvalue weighted by Gasteiger charge is 2.31. The number of β-amino-alcohol motifs (C(OH)–C–C–N with tert-alkyl or cyclic N) is 1. The number of sulfonamides is 1. The minimum atomic E-state index is -3.56. The summed E-state index contributed by atoms with van der Waals surface area (Å²) in [5, 5.41) is 10.6. The Kier molecular flexibility index (Phi) is 3.41. The van der Waals surface area contributed by atoms with Crippen molar-refractivity contribution < 1.29 is 13.5 Å². The van der Waals surface area contributed by atoms with Crippen LogP contribution in [0, 0.1) is 0 Å². The third kappa shape index (κ3) is 2.40. The zero-order valence-corrected chi connectivity index (χ0v) is 12.1. The molecule has 3 rings (SSSR count). The van der Waals surface area contributed by atoms with Gasteiger partial charge in [-0.2, -0.15) is 4.31 Å². The van der Waals surface area contributed by atoms with E-state index in [0.717, 1.165) is 5.39 Å². The molecule has 1 N–H and O–H groups in total. The second-order valence-electron chi connectivity index (χ2n) is 4.79. The molecule has 0 aliphatic carbocycles. The zero-order chi connectivity index (χ0) is 14.3. The number of aromatic nitrogens is 1. The molecule has 1 aromatic heterocycles. The highest BCUT2D eigenvalue weighted by Crippen LogP contribution is 2.24. The fourth-order valence-electron chi connectivity index (χ4n) is 2.32. The van der Waals surface area contributed by atoms with Crippen LogP contribution in [-0.2, 0) is 10.0 Å². The van der Waals surface area contributed by atoms with E-state index in [9.17, 15) is 13.5 Å². The molecule has 0 saturated carbocycles. The first-order valence-corrected chi connectivity index (χ1v) is 8.03. The summed E-state index contributed by atoms with van der Waals surface area (Å²) in [6, 6.07) is 8.10. The molecule has 0 radical (unpaired) electrons. The van der Waals surface area contributed by atoms with Gasteiger partial charge in [-0.05, 0) is 36.8 Å². The second-order valence-corrected chi connectivity index (χ2v) is 7.12. The molecule has 5 nitrogen and oxygen atoms in total. The molecular formula is C13H13ClN2O3S. The third-order valence-electron chi connectivity index (χ3n) is 3.39. The summed E-state index contributed by atoms with van der Waals surface area (Å²) in [7, 11) is -3.56. The Morgan fingerprint density at radius 3 is 2.80 bits per heavy atom. The second kappa shape index (κ2) is 4.96. The monoisotopic (exact) mass is 312 g/mol. The Bertz CT molecular complexity index is 763. The first kappa shape index (κ1) is 13.8. The Balaban J connectivity index is 2.03. The number of halogens is 1. The van der Waals surface area contributed by atoms with E-state index in [1.54, 1.807) is 24.3 Å². The van der Waals surface area contributed by atoms with Crippen LogP contribution >= 0.6 is 11.6 Å². The van der Waals surface area contributed by atoms with Crippen LogP contribution in [0.2, 0.25) is 5.15 Å². The quantitative estimate of drug-likeness (QED) is 0.856. The van der Waals surface area contributed by atoms with E-state index in [1.807, 2.05) is 0 Å². The van der Waals surface area contributed by atoms with Crippen LogP contribution in [0.3, 0.4) is 0 Å². The van der Waals surface area contributed by atoms with Gasteiger partial charge in [0.25, 0.3) is 0 Å². The number of fused-ring (bicyclic) bond motifs is 1. The summed E-state index contributed by atoms with van der Waals surface area (Å²) in [4.78, 5) is 4.34. The van der Waals surface area contributed by atoms with Gasteiger partial charge in [-0.1, -0.05) is 11.6 Å².